The molecule has 5 nitrogen and oxygen atoms in total. The van der Waals surface area contributed by atoms with Crippen LogP contribution in [0.15, 0.2) is 24.3 Å². The average molecular weight is 250 g/mol. The number of carbonyl (C=O) groups is 2. The Labute approximate surface area is 106 Å². The highest BCUT2D eigenvalue weighted by molar-refractivity contribution is 5.96. The monoisotopic (exact) mass is 250 g/mol. The van der Waals surface area contributed by atoms with E-state index in [2.05, 4.69) is 10.8 Å². The molecule has 1 rings (SSSR count). The summed E-state index contributed by atoms with van der Waals surface area (Å²) in [5.41, 5.74) is 2.91. The molecule has 98 valence electrons. The normalized spacial score (nSPS) is 10.9. The summed E-state index contributed by atoms with van der Waals surface area (Å²) in [5, 5.41) is 2.61. The standard InChI is InChI=1S/C13H18N2O3/c1-9(16)14-11-7-5-6-10(8-11)12(17)15-18-13(2,3)4/h5-8H,1-4H3,(H,14,16)(H,15,17). The number of benzene rings is 1. The van der Waals surface area contributed by atoms with Gasteiger partial charge in [-0.05, 0) is 39.0 Å². The lowest BCUT2D eigenvalue weighted by Crippen LogP contribution is -2.33. The van der Waals surface area contributed by atoms with Crippen molar-refractivity contribution in [2.24, 2.45) is 0 Å². The summed E-state index contributed by atoms with van der Waals surface area (Å²) in [5.74, 6) is -0.532. The van der Waals surface area contributed by atoms with Crippen LogP contribution in [0.5, 0.6) is 0 Å². The summed E-state index contributed by atoms with van der Waals surface area (Å²) in [7, 11) is 0. The van der Waals surface area contributed by atoms with E-state index >= 15 is 0 Å². The van der Waals surface area contributed by atoms with Crippen LogP contribution in [0, 0.1) is 0 Å². The second kappa shape index (κ2) is 5.64. The van der Waals surface area contributed by atoms with Gasteiger partial charge in [0.15, 0.2) is 0 Å². The molecule has 2 amide bonds. The van der Waals surface area contributed by atoms with Crippen molar-refractivity contribution in [1.29, 1.82) is 0 Å². The zero-order valence-electron chi connectivity index (χ0n) is 11.0. The second-order valence-corrected chi connectivity index (χ2v) is 4.91. The topological polar surface area (TPSA) is 67.4 Å². The van der Waals surface area contributed by atoms with Gasteiger partial charge in [0, 0.05) is 18.2 Å². The maximum atomic E-state index is 11.8. The summed E-state index contributed by atoms with van der Waals surface area (Å²) in [6.07, 6.45) is 0. The van der Waals surface area contributed by atoms with Crippen LogP contribution in [0.25, 0.3) is 0 Å². The number of hydrogen-bond donors (Lipinski definition) is 2. The van der Waals surface area contributed by atoms with Crippen LogP contribution >= 0.6 is 0 Å². The molecule has 0 fully saturated rings. The minimum atomic E-state index is -0.453. The van der Waals surface area contributed by atoms with Gasteiger partial charge in [0.1, 0.15) is 0 Å². The van der Waals surface area contributed by atoms with E-state index in [4.69, 9.17) is 4.84 Å². The van der Waals surface area contributed by atoms with Crippen molar-refractivity contribution >= 4 is 17.5 Å². The first-order chi connectivity index (χ1) is 8.28. The number of carbonyl (C=O) groups excluding carboxylic acids is 2. The summed E-state index contributed by atoms with van der Waals surface area (Å²) in [6, 6.07) is 6.63. The fourth-order valence-corrected chi connectivity index (χ4v) is 1.20. The molecular formula is C13H18N2O3. The Morgan fingerprint density at radius 1 is 1.22 bits per heavy atom. The van der Waals surface area contributed by atoms with Gasteiger partial charge in [0.05, 0.1) is 5.60 Å². The molecule has 0 saturated heterocycles. The van der Waals surface area contributed by atoms with Crippen LogP contribution in [0.2, 0.25) is 0 Å². The SMILES string of the molecule is CC(=O)Nc1cccc(C(=O)NOC(C)(C)C)c1. The highest BCUT2D eigenvalue weighted by Crippen LogP contribution is 2.11. The molecule has 0 aromatic heterocycles. The first-order valence-electron chi connectivity index (χ1n) is 5.64. The minimum Gasteiger partial charge on any atom is -0.326 e. The average Bonchev–Trinajstić information content (AvgIpc) is 2.24. The number of rotatable bonds is 3. The Morgan fingerprint density at radius 2 is 1.89 bits per heavy atom. The van der Waals surface area contributed by atoms with Crippen molar-refractivity contribution in [3.63, 3.8) is 0 Å². The minimum absolute atomic E-state index is 0.182. The van der Waals surface area contributed by atoms with E-state index in [0.717, 1.165) is 0 Å². The van der Waals surface area contributed by atoms with E-state index in [1.807, 2.05) is 20.8 Å². The molecule has 0 aliphatic heterocycles. The second-order valence-electron chi connectivity index (χ2n) is 4.91. The molecule has 0 unspecified atom stereocenters. The number of amides is 2. The number of hydroxylamine groups is 1. The zero-order valence-corrected chi connectivity index (χ0v) is 11.0. The molecule has 2 N–H and O–H groups in total. The Bertz CT molecular complexity index is 450. The Kier molecular flexibility index (Phi) is 4.44. The van der Waals surface area contributed by atoms with Crippen LogP contribution in [-0.2, 0) is 9.63 Å². The highest BCUT2D eigenvalue weighted by Gasteiger charge is 2.14. The van der Waals surface area contributed by atoms with Crippen molar-refractivity contribution in [2.75, 3.05) is 5.32 Å². The van der Waals surface area contributed by atoms with E-state index in [-0.39, 0.29) is 11.8 Å². The van der Waals surface area contributed by atoms with Crippen LogP contribution in [-0.4, -0.2) is 17.4 Å². The van der Waals surface area contributed by atoms with Gasteiger partial charge in [-0.15, -0.1) is 0 Å². The van der Waals surface area contributed by atoms with Crippen LogP contribution in [0.4, 0.5) is 5.69 Å². The van der Waals surface area contributed by atoms with Gasteiger partial charge in [-0.2, -0.15) is 0 Å². The molecule has 18 heavy (non-hydrogen) atoms. The first kappa shape index (κ1) is 14.2. The lowest BCUT2D eigenvalue weighted by molar-refractivity contribution is -0.114. The lowest BCUT2D eigenvalue weighted by atomic mass is 10.2. The third-order valence-corrected chi connectivity index (χ3v) is 1.90. The molecule has 5 heteroatoms. The molecule has 1 aromatic rings. The molecule has 0 aliphatic carbocycles. The van der Waals surface area contributed by atoms with E-state index in [1.165, 1.54) is 6.92 Å². The number of anilines is 1. The molecule has 0 saturated carbocycles. The highest BCUT2D eigenvalue weighted by atomic mass is 16.7. The smallest absolute Gasteiger partial charge is 0.274 e. The van der Waals surface area contributed by atoms with Gasteiger partial charge >= 0.3 is 0 Å². The van der Waals surface area contributed by atoms with Crippen LogP contribution in [0.1, 0.15) is 38.1 Å². The molecular weight excluding hydrogens is 232 g/mol. The van der Waals surface area contributed by atoms with Gasteiger partial charge in [-0.3, -0.25) is 14.4 Å². The van der Waals surface area contributed by atoms with Crippen molar-refractivity contribution in [1.82, 2.24) is 5.48 Å². The molecule has 0 spiro atoms. The van der Waals surface area contributed by atoms with E-state index in [9.17, 15) is 9.59 Å². The van der Waals surface area contributed by atoms with E-state index < -0.39 is 5.60 Å². The fourth-order valence-electron chi connectivity index (χ4n) is 1.20. The predicted molar refractivity (Wildman–Crippen MR) is 69.0 cm³/mol. The Hall–Kier alpha value is -1.88. The first-order valence-corrected chi connectivity index (χ1v) is 5.64. The molecule has 1 aromatic carbocycles. The molecule has 0 radical (unpaired) electrons. The Morgan fingerprint density at radius 3 is 2.44 bits per heavy atom. The van der Waals surface area contributed by atoms with Crippen molar-refractivity contribution < 1.29 is 14.4 Å². The molecule has 0 bridgehead atoms. The summed E-state index contributed by atoms with van der Waals surface area (Å²) in [6.45, 7) is 6.92. The summed E-state index contributed by atoms with van der Waals surface area (Å²) < 4.78 is 0. The maximum absolute atomic E-state index is 11.8. The number of hydrogen-bond acceptors (Lipinski definition) is 3. The van der Waals surface area contributed by atoms with Gasteiger partial charge in [-0.25, -0.2) is 5.48 Å². The van der Waals surface area contributed by atoms with Gasteiger partial charge < -0.3 is 5.32 Å². The third-order valence-electron chi connectivity index (χ3n) is 1.90. The van der Waals surface area contributed by atoms with Gasteiger partial charge in [0.2, 0.25) is 5.91 Å². The van der Waals surface area contributed by atoms with E-state index in [1.54, 1.807) is 24.3 Å². The van der Waals surface area contributed by atoms with Crippen LogP contribution < -0.4 is 10.8 Å². The van der Waals surface area contributed by atoms with Crippen molar-refractivity contribution in [3.05, 3.63) is 29.8 Å². The predicted octanol–water partition coefficient (Wildman–Crippen LogP) is 2.10. The van der Waals surface area contributed by atoms with Crippen LogP contribution in [0.3, 0.4) is 0 Å². The lowest BCUT2D eigenvalue weighted by Gasteiger charge is -2.19. The zero-order chi connectivity index (χ0) is 13.8. The van der Waals surface area contributed by atoms with Gasteiger partial charge in [0.25, 0.3) is 5.91 Å². The maximum Gasteiger partial charge on any atom is 0.274 e. The quantitative estimate of drug-likeness (QED) is 0.807. The number of nitrogens with one attached hydrogen (secondary N) is 2. The summed E-state index contributed by atoms with van der Waals surface area (Å²) >= 11 is 0. The third kappa shape index (κ3) is 4.97. The van der Waals surface area contributed by atoms with E-state index in [0.29, 0.717) is 11.3 Å². The molecule has 0 heterocycles. The van der Waals surface area contributed by atoms with Crippen molar-refractivity contribution in [3.8, 4) is 0 Å². The van der Waals surface area contributed by atoms with Crippen molar-refractivity contribution in [2.45, 2.75) is 33.3 Å². The Balaban J connectivity index is 2.71. The molecule has 0 atom stereocenters. The van der Waals surface area contributed by atoms with Gasteiger partial charge in [-0.1, -0.05) is 6.07 Å². The summed E-state index contributed by atoms with van der Waals surface area (Å²) in [4.78, 5) is 27.9. The largest absolute Gasteiger partial charge is 0.326 e. The fraction of sp³-hybridized carbons (Fsp3) is 0.385. The molecule has 0 aliphatic rings.